The number of benzene rings is 2. The number of nitrogens with zero attached hydrogens (tertiary/aromatic N) is 3. The number of phenols is 1. The van der Waals surface area contributed by atoms with E-state index in [1.807, 2.05) is 36.4 Å². The quantitative estimate of drug-likeness (QED) is 0.777. The Bertz CT molecular complexity index is 792. The summed E-state index contributed by atoms with van der Waals surface area (Å²) in [4.78, 5) is 0. The summed E-state index contributed by atoms with van der Waals surface area (Å²) in [7, 11) is 1.59. The summed E-state index contributed by atoms with van der Waals surface area (Å²) < 4.78 is 5.13. The van der Waals surface area contributed by atoms with Gasteiger partial charge in [0.05, 0.1) is 13.3 Å². The molecule has 5 nitrogen and oxygen atoms in total. The Morgan fingerprint density at radius 3 is 2.32 bits per heavy atom. The second kappa shape index (κ2) is 9.37. The van der Waals surface area contributed by atoms with Crippen LogP contribution < -0.4 is 4.74 Å². The molecule has 0 bridgehead atoms. The van der Waals surface area contributed by atoms with Crippen molar-refractivity contribution in [3.8, 4) is 22.8 Å². The van der Waals surface area contributed by atoms with Gasteiger partial charge < -0.3 is 9.84 Å². The molecule has 0 amide bonds. The highest BCUT2D eigenvalue weighted by Crippen LogP contribution is 2.25. The average Bonchev–Trinajstić information content (AvgIpc) is 2.68. The van der Waals surface area contributed by atoms with E-state index < -0.39 is 0 Å². The van der Waals surface area contributed by atoms with E-state index in [1.165, 1.54) is 5.56 Å². The lowest BCUT2D eigenvalue weighted by Gasteiger charge is -2.06. The molecule has 2 aromatic carbocycles. The van der Waals surface area contributed by atoms with Gasteiger partial charge in [-0.1, -0.05) is 56.3 Å². The zero-order valence-corrected chi connectivity index (χ0v) is 14.8. The second-order valence-electron chi connectivity index (χ2n) is 5.34. The van der Waals surface area contributed by atoms with Gasteiger partial charge in [0.25, 0.3) is 0 Å². The zero-order valence-electron chi connectivity index (χ0n) is 14.8. The Labute approximate surface area is 148 Å². The maximum absolute atomic E-state index is 9.42. The van der Waals surface area contributed by atoms with Crippen molar-refractivity contribution >= 4 is 0 Å². The molecule has 1 heterocycles. The fourth-order valence-corrected chi connectivity index (χ4v) is 2.57. The van der Waals surface area contributed by atoms with E-state index in [2.05, 4.69) is 35.3 Å². The molecule has 5 heteroatoms. The largest absolute Gasteiger partial charge is 0.508 e. The Hall–Kier alpha value is -2.95. The van der Waals surface area contributed by atoms with Gasteiger partial charge in [-0.15, -0.1) is 10.2 Å². The predicted octanol–water partition coefficient (Wildman–Crippen LogP) is 4.06. The molecule has 130 valence electrons. The maximum atomic E-state index is 9.42. The minimum atomic E-state index is 0.437. The Morgan fingerprint density at radius 1 is 0.960 bits per heavy atom. The topological polar surface area (TPSA) is 68.1 Å². The Kier molecular flexibility index (Phi) is 6.89. The number of methoxy groups -OCH3 is 1. The lowest BCUT2D eigenvalue weighted by molar-refractivity contribution is 0.410. The molecule has 0 aliphatic heterocycles. The molecule has 1 aromatic heterocycles. The van der Waals surface area contributed by atoms with Gasteiger partial charge in [0.15, 0.2) is 5.75 Å². The van der Waals surface area contributed by atoms with Crippen molar-refractivity contribution in [2.24, 2.45) is 0 Å². The molecular formula is C20H23N3O2. The van der Waals surface area contributed by atoms with Crippen LogP contribution in [0.5, 0.6) is 11.5 Å². The van der Waals surface area contributed by atoms with Crippen molar-refractivity contribution in [3.05, 3.63) is 65.9 Å². The number of phenolic OH excluding ortho intramolecular Hbond substituents is 1. The summed E-state index contributed by atoms with van der Waals surface area (Å²) in [6.07, 6.45) is 3.46. The number of aromatic hydroxyl groups is 1. The second-order valence-corrected chi connectivity index (χ2v) is 5.34. The fraction of sp³-hybridized carbons (Fsp3) is 0.250. The molecular weight excluding hydrogens is 314 g/mol. The van der Waals surface area contributed by atoms with Crippen LogP contribution in [-0.4, -0.2) is 27.6 Å². The molecule has 0 spiro atoms. The molecule has 0 radical (unpaired) electrons. The van der Waals surface area contributed by atoms with Gasteiger partial charge >= 0.3 is 0 Å². The van der Waals surface area contributed by atoms with Gasteiger partial charge in [-0.3, -0.25) is 0 Å². The highest BCUT2D eigenvalue weighted by molar-refractivity contribution is 5.64. The van der Waals surface area contributed by atoms with Crippen LogP contribution in [0.4, 0.5) is 0 Å². The lowest BCUT2D eigenvalue weighted by Crippen LogP contribution is -1.95. The highest BCUT2D eigenvalue weighted by atomic mass is 16.5. The lowest BCUT2D eigenvalue weighted by atomic mass is 10.0. The standard InChI is InChI=1S/C10H9N3O.C10H14O/c1-14-9-7-11-13-12-10(9)8-5-3-2-4-6-8;1-3-8-6-5-7-10(11)9(8)4-2/h2-7H,1H3;5-7,11H,3-4H2,1-2H3. The summed E-state index contributed by atoms with van der Waals surface area (Å²) in [6.45, 7) is 4.17. The van der Waals surface area contributed by atoms with Crippen LogP contribution in [0.2, 0.25) is 0 Å². The van der Waals surface area contributed by atoms with Crippen molar-refractivity contribution in [2.75, 3.05) is 7.11 Å². The van der Waals surface area contributed by atoms with Crippen molar-refractivity contribution in [2.45, 2.75) is 26.7 Å². The van der Waals surface area contributed by atoms with Crippen molar-refractivity contribution < 1.29 is 9.84 Å². The summed E-state index contributed by atoms with van der Waals surface area (Å²) in [5, 5.41) is 20.6. The minimum Gasteiger partial charge on any atom is -0.508 e. The van der Waals surface area contributed by atoms with Gasteiger partial charge in [-0.2, -0.15) is 0 Å². The number of aromatic nitrogens is 3. The molecule has 3 rings (SSSR count). The monoisotopic (exact) mass is 337 g/mol. The summed E-state index contributed by atoms with van der Waals surface area (Å²) in [6, 6.07) is 15.4. The number of aryl methyl sites for hydroxylation is 1. The van der Waals surface area contributed by atoms with Crippen LogP contribution in [0.1, 0.15) is 25.0 Å². The molecule has 0 fully saturated rings. The van der Waals surface area contributed by atoms with Crippen LogP contribution >= 0.6 is 0 Å². The van der Waals surface area contributed by atoms with E-state index in [0.29, 0.717) is 17.2 Å². The third-order valence-electron chi connectivity index (χ3n) is 3.85. The fourth-order valence-electron chi connectivity index (χ4n) is 2.57. The Morgan fingerprint density at radius 2 is 1.72 bits per heavy atom. The van der Waals surface area contributed by atoms with Gasteiger partial charge in [-0.25, -0.2) is 0 Å². The van der Waals surface area contributed by atoms with E-state index in [4.69, 9.17) is 4.74 Å². The van der Waals surface area contributed by atoms with E-state index in [-0.39, 0.29) is 0 Å². The number of hydrogen-bond donors (Lipinski definition) is 1. The number of ether oxygens (including phenoxy) is 1. The number of hydrogen-bond acceptors (Lipinski definition) is 5. The molecule has 0 saturated heterocycles. The third-order valence-corrected chi connectivity index (χ3v) is 3.85. The SMILES string of the molecule is CCc1cccc(O)c1CC.COc1cnnnc1-c1ccccc1. The third kappa shape index (κ3) is 4.76. The molecule has 0 unspecified atom stereocenters. The van der Waals surface area contributed by atoms with Crippen LogP contribution in [0, 0.1) is 0 Å². The van der Waals surface area contributed by atoms with Crippen LogP contribution in [0.15, 0.2) is 54.7 Å². The summed E-state index contributed by atoms with van der Waals surface area (Å²) in [5.41, 5.74) is 4.03. The van der Waals surface area contributed by atoms with Crippen molar-refractivity contribution in [1.29, 1.82) is 0 Å². The van der Waals surface area contributed by atoms with Gasteiger partial charge in [0, 0.05) is 5.56 Å². The molecule has 0 saturated carbocycles. The molecule has 0 atom stereocenters. The van der Waals surface area contributed by atoms with E-state index in [1.54, 1.807) is 19.4 Å². The normalized spacial score (nSPS) is 9.88. The summed E-state index contributed by atoms with van der Waals surface area (Å²) in [5.74, 6) is 1.07. The first kappa shape index (κ1) is 18.4. The molecule has 0 aliphatic rings. The first-order valence-electron chi connectivity index (χ1n) is 8.28. The van der Waals surface area contributed by atoms with E-state index in [9.17, 15) is 5.11 Å². The summed E-state index contributed by atoms with van der Waals surface area (Å²) >= 11 is 0. The molecule has 0 aliphatic carbocycles. The molecule has 3 aromatic rings. The first-order valence-corrected chi connectivity index (χ1v) is 8.28. The van der Waals surface area contributed by atoms with E-state index >= 15 is 0 Å². The van der Waals surface area contributed by atoms with Crippen LogP contribution in [0.25, 0.3) is 11.3 Å². The van der Waals surface area contributed by atoms with Gasteiger partial charge in [0.1, 0.15) is 11.4 Å². The highest BCUT2D eigenvalue weighted by Gasteiger charge is 2.06. The van der Waals surface area contributed by atoms with E-state index in [0.717, 1.165) is 24.0 Å². The molecule has 1 N–H and O–H groups in total. The van der Waals surface area contributed by atoms with Gasteiger partial charge in [0.2, 0.25) is 0 Å². The smallest absolute Gasteiger partial charge is 0.167 e. The minimum absolute atomic E-state index is 0.437. The maximum Gasteiger partial charge on any atom is 0.167 e. The van der Waals surface area contributed by atoms with Crippen molar-refractivity contribution in [3.63, 3.8) is 0 Å². The van der Waals surface area contributed by atoms with Crippen molar-refractivity contribution in [1.82, 2.24) is 15.4 Å². The predicted molar refractivity (Wildman–Crippen MR) is 98.7 cm³/mol. The average molecular weight is 337 g/mol. The Balaban J connectivity index is 0.000000186. The number of rotatable bonds is 4. The van der Waals surface area contributed by atoms with Gasteiger partial charge in [-0.05, 0) is 35.2 Å². The zero-order chi connectivity index (χ0) is 18.1. The van der Waals surface area contributed by atoms with Crippen LogP contribution in [-0.2, 0) is 12.8 Å². The first-order chi connectivity index (χ1) is 12.2. The molecule has 25 heavy (non-hydrogen) atoms. The van der Waals surface area contributed by atoms with Crippen LogP contribution in [0.3, 0.4) is 0 Å².